The monoisotopic (exact) mass is 458 g/mol. The van der Waals surface area contributed by atoms with Gasteiger partial charge in [0.05, 0.1) is 18.6 Å². The number of thioether (sulfide) groups is 1. The summed E-state index contributed by atoms with van der Waals surface area (Å²) in [6.07, 6.45) is 6.21. The van der Waals surface area contributed by atoms with Crippen LogP contribution in [-0.2, 0) is 11.3 Å². The van der Waals surface area contributed by atoms with Crippen LogP contribution in [0.3, 0.4) is 0 Å². The SMILES string of the molecule is CC1CCC(N(C)C(=O)CSc2nnc(-c3ccc(Cl)cc3)n2Cc2ccco2)CC1. The Morgan fingerprint density at radius 2 is 1.94 bits per heavy atom. The molecule has 1 amide bonds. The maximum Gasteiger partial charge on any atom is 0.233 e. The number of hydrogen-bond acceptors (Lipinski definition) is 5. The molecule has 2 heterocycles. The number of furan rings is 1. The molecule has 1 aliphatic rings. The van der Waals surface area contributed by atoms with E-state index in [1.807, 2.05) is 52.9 Å². The number of hydrogen-bond donors (Lipinski definition) is 0. The van der Waals surface area contributed by atoms with Gasteiger partial charge in [-0.2, -0.15) is 0 Å². The van der Waals surface area contributed by atoms with E-state index in [2.05, 4.69) is 17.1 Å². The van der Waals surface area contributed by atoms with E-state index in [0.29, 0.717) is 28.5 Å². The predicted molar refractivity (Wildman–Crippen MR) is 123 cm³/mol. The molecule has 0 atom stereocenters. The summed E-state index contributed by atoms with van der Waals surface area (Å²) in [5, 5.41) is 10.1. The van der Waals surface area contributed by atoms with Gasteiger partial charge in [-0.25, -0.2) is 0 Å². The number of benzene rings is 1. The lowest BCUT2D eigenvalue weighted by molar-refractivity contribution is -0.129. The molecule has 0 bridgehead atoms. The number of halogens is 1. The highest BCUT2D eigenvalue weighted by Gasteiger charge is 2.25. The highest BCUT2D eigenvalue weighted by molar-refractivity contribution is 7.99. The number of carbonyl (C=O) groups excluding carboxylic acids is 1. The Labute approximate surface area is 192 Å². The van der Waals surface area contributed by atoms with Crippen molar-refractivity contribution in [1.82, 2.24) is 19.7 Å². The molecule has 8 heteroatoms. The van der Waals surface area contributed by atoms with E-state index in [-0.39, 0.29) is 5.91 Å². The van der Waals surface area contributed by atoms with Gasteiger partial charge in [0.15, 0.2) is 11.0 Å². The van der Waals surface area contributed by atoms with E-state index in [1.54, 1.807) is 6.26 Å². The zero-order valence-corrected chi connectivity index (χ0v) is 19.4. The molecule has 6 nitrogen and oxygen atoms in total. The second-order valence-electron chi connectivity index (χ2n) is 8.19. The van der Waals surface area contributed by atoms with Gasteiger partial charge in [-0.15, -0.1) is 10.2 Å². The Bertz CT molecular complexity index is 995. The van der Waals surface area contributed by atoms with Crippen molar-refractivity contribution < 1.29 is 9.21 Å². The van der Waals surface area contributed by atoms with Crippen molar-refractivity contribution in [2.24, 2.45) is 5.92 Å². The molecule has 0 aliphatic heterocycles. The second-order valence-corrected chi connectivity index (χ2v) is 9.56. The maximum absolute atomic E-state index is 12.9. The van der Waals surface area contributed by atoms with Gasteiger partial charge in [-0.1, -0.05) is 30.3 Å². The number of rotatable bonds is 7. The summed E-state index contributed by atoms with van der Waals surface area (Å²) in [6, 6.07) is 11.6. The van der Waals surface area contributed by atoms with Crippen LogP contribution in [0.4, 0.5) is 0 Å². The molecule has 0 N–H and O–H groups in total. The molecule has 0 spiro atoms. The van der Waals surface area contributed by atoms with Gasteiger partial charge in [-0.05, 0) is 68.0 Å². The largest absolute Gasteiger partial charge is 0.467 e. The summed E-state index contributed by atoms with van der Waals surface area (Å²) in [4.78, 5) is 14.8. The van der Waals surface area contributed by atoms with Crippen molar-refractivity contribution >= 4 is 29.3 Å². The fourth-order valence-electron chi connectivity index (χ4n) is 3.97. The molecule has 164 valence electrons. The first-order chi connectivity index (χ1) is 15.0. The van der Waals surface area contributed by atoms with Gasteiger partial charge >= 0.3 is 0 Å². The van der Waals surface area contributed by atoms with Gasteiger partial charge in [0.2, 0.25) is 5.91 Å². The molecule has 1 aromatic carbocycles. The van der Waals surface area contributed by atoms with E-state index in [9.17, 15) is 4.79 Å². The van der Waals surface area contributed by atoms with Crippen LogP contribution in [0.25, 0.3) is 11.4 Å². The lowest BCUT2D eigenvalue weighted by Crippen LogP contribution is -2.40. The van der Waals surface area contributed by atoms with Crippen LogP contribution < -0.4 is 0 Å². The third kappa shape index (κ3) is 5.33. The van der Waals surface area contributed by atoms with Crippen LogP contribution in [0.2, 0.25) is 5.02 Å². The third-order valence-corrected chi connectivity index (χ3v) is 7.17. The van der Waals surface area contributed by atoms with E-state index in [1.165, 1.54) is 24.6 Å². The van der Waals surface area contributed by atoms with Crippen LogP contribution in [0, 0.1) is 5.92 Å². The van der Waals surface area contributed by atoms with E-state index < -0.39 is 0 Å². The maximum atomic E-state index is 12.9. The highest BCUT2D eigenvalue weighted by atomic mass is 35.5. The number of nitrogens with zero attached hydrogens (tertiary/aromatic N) is 4. The molecule has 1 fully saturated rings. The Morgan fingerprint density at radius 3 is 2.61 bits per heavy atom. The Kier molecular flexibility index (Phi) is 7.02. The number of carbonyl (C=O) groups is 1. The van der Waals surface area contributed by atoms with Crippen molar-refractivity contribution in [3.05, 3.63) is 53.4 Å². The molecule has 1 saturated carbocycles. The average Bonchev–Trinajstić information content (AvgIpc) is 3.43. The van der Waals surface area contributed by atoms with E-state index in [4.69, 9.17) is 16.0 Å². The first-order valence-corrected chi connectivity index (χ1v) is 12.0. The van der Waals surface area contributed by atoms with Crippen LogP contribution in [0.5, 0.6) is 0 Å². The minimum Gasteiger partial charge on any atom is -0.467 e. The normalized spacial score (nSPS) is 18.8. The second kappa shape index (κ2) is 9.92. The summed E-state index contributed by atoms with van der Waals surface area (Å²) in [5.74, 6) is 2.75. The van der Waals surface area contributed by atoms with Crippen LogP contribution in [0.1, 0.15) is 38.4 Å². The van der Waals surface area contributed by atoms with Crippen LogP contribution in [0.15, 0.2) is 52.2 Å². The quantitative estimate of drug-likeness (QED) is 0.445. The first-order valence-electron chi connectivity index (χ1n) is 10.6. The lowest BCUT2D eigenvalue weighted by Gasteiger charge is -2.33. The van der Waals surface area contributed by atoms with Gasteiger partial charge in [0.25, 0.3) is 0 Å². The first kappa shape index (κ1) is 22.0. The van der Waals surface area contributed by atoms with Gasteiger partial charge in [0.1, 0.15) is 5.76 Å². The van der Waals surface area contributed by atoms with Crippen molar-refractivity contribution in [2.45, 2.75) is 50.4 Å². The van der Waals surface area contributed by atoms with Crippen molar-refractivity contribution in [3.63, 3.8) is 0 Å². The number of aromatic nitrogens is 3. The van der Waals surface area contributed by atoms with Crippen LogP contribution in [-0.4, -0.2) is 44.4 Å². The zero-order valence-electron chi connectivity index (χ0n) is 17.8. The number of amides is 1. The summed E-state index contributed by atoms with van der Waals surface area (Å²) in [7, 11) is 1.93. The molecule has 0 unspecified atom stereocenters. The molecule has 0 saturated heterocycles. The summed E-state index contributed by atoms with van der Waals surface area (Å²) in [6.45, 7) is 2.78. The minimum absolute atomic E-state index is 0.130. The summed E-state index contributed by atoms with van der Waals surface area (Å²) in [5.41, 5.74) is 0.912. The molecule has 1 aliphatic carbocycles. The molecule has 31 heavy (non-hydrogen) atoms. The Balaban J connectivity index is 1.49. The molecule has 3 aromatic rings. The third-order valence-electron chi connectivity index (χ3n) is 5.96. The van der Waals surface area contributed by atoms with Gasteiger partial charge in [0, 0.05) is 23.7 Å². The standard InChI is InChI=1S/C23H27ClN4O2S/c1-16-5-11-19(12-6-16)27(2)21(29)15-31-23-26-25-22(17-7-9-18(24)10-8-17)28(23)14-20-4-3-13-30-20/h3-4,7-10,13,16,19H,5-6,11-12,14-15H2,1-2H3. The summed E-state index contributed by atoms with van der Waals surface area (Å²) < 4.78 is 7.53. The lowest BCUT2D eigenvalue weighted by atomic mass is 9.87. The topological polar surface area (TPSA) is 64.2 Å². The fraction of sp³-hybridized carbons (Fsp3) is 0.435. The fourth-order valence-corrected chi connectivity index (χ4v) is 4.96. The van der Waals surface area contributed by atoms with E-state index in [0.717, 1.165) is 35.9 Å². The highest BCUT2D eigenvalue weighted by Crippen LogP contribution is 2.29. The smallest absolute Gasteiger partial charge is 0.233 e. The van der Waals surface area contributed by atoms with Gasteiger partial charge in [-0.3, -0.25) is 9.36 Å². The zero-order chi connectivity index (χ0) is 21.8. The molecular weight excluding hydrogens is 432 g/mol. The van der Waals surface area contributed by atoms with Crippen molar-refractivity contribution in [3.8, 4) is 11.4 Å². The summed E-state index contributed by atoms with van der Waals surface area (Å²) >= 11 is 7.46. The Morgan fingerprint density at radius 1 is 1.19 bits per heavy atom. The molecular formula is C23H27ClN4O2S. The predicted octanol–water partition coefficient (Wildman–Crippen LogP) is 5.37. The van der Waals surface area contributed by atoms with Gasteiger partial charge < -0.3 is 9.32 Å². The molecule has 4 rings (SSSR count). The Hall–Kier alpha value is -2.25. The molecule has 0 radical (unpaired) electrons. The van der Waals surface area contributed by atoms with Crippen molar-refractivity contribution in [2.75, 3.05) is 12.8 Å². The average molecular weight is 459 g/mol. The molecule has 2 aromatic heterocycles. The minimum atomic E-state index is 0.130. The van der Waals surface area contributed by atoms with E-state index >= 15 is 0 Å². The van der Waals surface area contributed by atoms with Crippen LogP contribution >= 0.6 is 23.4 Å². The van der Waals surface area contributed by atoms with Crippen molar-refractivity contribution in [1.29, 1.82) is 0 Å².